The van der Waals surface area contributed by atoms with Gasteiger partial charge < -0.3 is 9.84 Å². The molecule has 2 aromatic rings. The first-order chi connectivity index (χ1) is 11.5. The largest absolute Gasteiger partial charge is 0.478 e. The number of carboxylic acids is 1. The van der Waals surface area contributed by atoms with Gasteiger partial charge in [-0.25, -0.2) is 14.8 Å². The molecule has 2 heterocycles. The van der Waals surface area contributed by atoms with Crippen LogP contribution in [-0.2, 0) is 30.9 Å². The highest BCUT2D eigenvalue weighted by Gasteiger charge is 2.60. The summed E-state index contributed by atoms with van der Waals surface area (Å²) in [6, 6.07) is 0.947. The maximum atomic E-state index is 13.4. The van der Waals surface area contributed by atoms with Gasteiger partial charge in [-0.05, 0) is 12.1 Å². The fourth-order valence-corrected chi connectivity index (χ4v) is 1.82. The normalized spacial score (nSPS) is 12.4. The number of carboxylic acid groups (broad SMARTS) is 1. The fourth-order valence-electron chi connectivity index (χ4n) is 1.82. The fraction of sp³-hybridized carbons (Fsp3) is 0.385. The van der Waals surface area contributed by atoms with Crippen LogP contribution in [0.4, 0.5) is 22.0 Å². The predicted octanol–water partition coefficient (Wildman–Crippen LogP) is 2.28. The first-order valence-corrected chi connectivity index (χ1v) is 6.63. The van der Waals surface area contributed by atoms with Crippen LogP contribution in [0.3, 0.4) is 0 Å². The minimum atomic E-state index is -5.86. The second-order valence-electron chi connectivity index (χ2n) is 4.90. The topological polar surface area (TPSA) is 90.1 Å². The third-order valence-electron chi connectivity index (χ3n) is 3.00. The number of ether oxygens (including phenoxy) is 1. The van der Waals surface area contributed by atoms with E-state index in [0.717, 1.165) is 0 Å². The first-order valence-electron chi connectivity index (χ1n) is 6.63. The standard InChI is InChI=1S/C13H11F5N4O3/c1-22-6-19-10(21-22)5-25-4-8-7(11(23)24)2-3-9(20-8)12(14,15)13(16,17)18/h2-3,6H,4-5H2,1H3,(H,23,24). The average molecular weight is 366 g/mol. The highest BCUT2D eigenvalue weighted by Crippen LogP contribution is 2.43. The van der Waals surface area contributed by atoms with Crippen LogP contribution >= 0.6 is 0 Å². The Balaban J connectivity index is 2.24. The van der Waals surface area contributed by atoms with E-state index in [9.17, 15) is 26.7 Å². The average Bonchev–Trinajstić information content (AvgIpc) is 2.91. The number of hydrogen-bond acceptors (Lipinski definition) is 5. The minimum absolute atomic E-state index is 0.207. The van der Waals surface area contributed by atoms with Crippen LogP contribution in [-0.4, -0.2) is 37.0 Å². The molecule has 0 fully saturated rings. The Morgan fingerprint density at radius 2 is 1.92 bits per heavy atom. The van der Waals surface area contributed by atoms with Gasteiger partial charge in [0.1, 0.15) is 18.6 Å². The highest BCUT2D eigenvalue weighted by atomic mass is 19.4. The molecular weight excluding hydrogens is 355 g/mol. The van der Waals surface area contributed by atoms with Crippen molar-refractivity contribution in [3.63, 3.8) is 0 Å². The van der Waals surface area contributed by atoms with Crippen molar-refractivity contribution in [1.82, 2.24) is 19.7 Å². The molecule has 0 amide bonds. The molecule has 0 bridgehead atoms. The molecule has 136 valence electrons. The molecule has 0 spiro atoms. The molecule has 0 radical (unpaired) electrons. The lowest BCUT2D eigenvalue weighted by atomic mass is 10.1. The van der Waals surface area contributed by atoms with E-state index in [1.165, 1.54) is 11.0 Å². The predicted molar refractivity (Wildman–Crippen MR) is 70.6 cm³/mol. The summed E-state index contributed by atoms with van der Waals surface area (Å²) in [5.74, 6) is -6.54. The van der Waals surface area contributed by atoms with Gasteiger partial charge in [0.25, 0.3) is 0 Å². The lowest BCUT2D eigenvalue weighted by Crippen LogP contribution is -2.35. The Hall–Kier alpha value is -2.63. The number of nitrogens with zero attached hydrogens (tertiary/aromatic N) is 4. The lowest BCUT2D eigenvalue weighted by molar-refractivity contribution is -0.291. The molecule has 7 nitrogen and oxygen atoms in total. The van der Waals surface area contributed by atoms with Crippen molar-refractivity contribution in [2.45, 2.75) is 25.3 Å². The van der Waals surface area contributed by atoms with Gasteiger partial charge in [0.2, 0.25) is 0 Å². The Labute approximate surface area is 137 Å². The zero-order valence-corrected chi connectivity index (χ0v) is 12.6. The molecule has 2 rings (SSSR count). The zero-order chi connectivity index (χ0) is 18.8. The number of hydrogen-bond donors (Lipinski definition) is 1. The van der Waals surface area contributed by atoms with Crippen LogP contribution in [0, 0.1) is 0 Å². The number of aromatic nitrogens is 4. The van der Waals surface area contributed by atoms with Gasteiger partial charge in [0, 0.05) is 7.05 Å². The second-order valence-corrected chi connectivity index (χ2v) is 4.90. The molecule has 0 aliphatic heterocycles. The summed E-state index contributed by atoms with van der Waals surface area (Å²) < 4.78 is 70.5. The number of alkyl halides is 5. The van der Waals surface area contributed by atoms with Crippen molar-refractivity contribution in [3.8, 4) is 0 Å². The summed E-state index contributed by atoms with van der Waals surface area (Å²) in [5, 5.41) is 12.9. The molecular formula is C13H11F5N4O3. The SMILES string of the molecule is Cn1cnc(COCc2nc(C(F)(F)C(F)(F)F)ccc2C(=O)O)n1. The Bertz CT molecular complexity index is 775. The van der Waals surface area contributed by atoms with E-state index >= 15 is 0 Å². The van der Waals surface area contributed by atoms with Crippen LogP contribution in [0.5, 0.6) is 0 Å². The third-order valence-corrected chi connectivity index (χ3v) is 3.00. The monoisotopic (exact) mass is 366 g/mol. The van der Waals surface area contributed by atoms with Gasteiger partial charge in [-0.15, -0.1) is 0 Å². The molecule has 12 heteroatoms. The van der Waals surface area contributed by atoms with Gasteiger partial charge in [0.05, 0.1) is 17.9 Å². The summed E-state index contributed by atoms with van der Waals surface area (Å²) >= 11 is 0. The van der Waals surface area contributed by atoms with Crippen molar-refractivity contribution in [1.29, 1.82) is 0 Å². The Kier molecular flexibility index (Phi) is 5.02. The van der Waals surface area contributed by atoms with E-state index in [1.807, 2.05) is 0 Å². The van der Waals surface area contributed by atoms with Crippen molar-refractivity contribution in [2.24, 2.45) is 7.05 Å². The third kappa shape index (κ3) is 4.07. The molecule has 0 saturated heterocycles. The van der Waals surface area contributed by atoms with E-state index < -0.39 is 41.6 Å². The van der Waals surface area contributed by atoms with Crippen LogP contribution in [0.15, 0.2) is 18.5 Å². The van der Waals surface area contributed by atoms with Crippen molar-refractivity contribution in [2.75, 3.05) is 0 Å². The zero-order valence-electron chi connectivity index (χ0n) is 12.6. The summed E-state index contributed by atoms with van der Waals surface area (Å²) in [6.07, 6.45) is -4.50. The number of carbonyl (C=O) groups is 1. The molecule has 0 saturated carbocycles. The van der Waals surface area contributed by atoms with E-state index in [0.29, 0.717) is 12.1 Å². The van der Waals surface area contributed by atoms with E-state index in [-0.39, 0.29) is 12.4 Å². The van der Waals surface area contributed by atoms with Gasteiger partial charge in [-0.2, -0.15) is 27.1 Å². The molecule has 0 unspecified atom stereocenters. The summed E-state index contributed by atoms with van der Waals surface area (Å²) in [5.41, 5.74) is -2.72. The van der Waals surface area contributed by atoms with E-state index in [4.69, 9.17) is 9.84 Å². The summed E-state index contributed by atoms with van der Waals surface area (Å²) in [4.78, 5) is 18.0. The van der Waals surface area contributed by atoms with Crippen molar-refractivity contribution in [3.05, 3.63) is 41.2 Å². The molecule has 1 N–H and O–H groups in total. The number of rotatable bonds is 6. The van der Waals surface area contributed by atoms with Crippen molar-refractivity contribution < 1.29 is 36.6 Å². The second kappa shape index (κ2) is 6.70. The number of halogens is 5. The van der Waals surface area contributed by atoms with Crippen LogP contribution < -0.4 is 0 Å². The summed E-state index contributed by atoms with van der Waals surface area (Å²) in [6.45, 7) is -0.816. The number of pyridine rings is 1. The first kappa shape index (κ1) is 18.7. The molecule has 0 atom stereocenters. The van der Waals surface area contributed by atoms with Gasteiger partial charge in [-0.3, -0.25) is 4.68 Å². The smallest absolute Gasteiger partial charge is 0.459 e. The Morgan fingerprint density at radius 1 is 1.24 bits per heavy atom. The molecule has 25 heavy (non-hydrogen) atoms. The maximum Gasteiger partial charge on any atom is 0.459 e. The van der Waals surface area contributed by atoms with Crippen LogP contribution in [0.25, 0.3) is 0 Å². The van der Waals surface area contributed by atoms with Crippen LogP contribution in [0.2, 0.25) is 0 Å². The van der Waals surface area contributed by atoms with Gasteiger partial charge >= 0.3 is 18.1 Å². The number of aryl methyl sites for hydroxylation is 1. The Morgan fingerprint density at radius 3 is 2.44 bits per heavy atom. The molecule has 0 aromatic carbocycles. The lowest BCUT2D eigenvalue weighted by Gasteiger charge is -2.20. The highest BCUT2D eigenvalue weighted by molar-refractivity contribution is 5.88. The summed E-state index contributed by atoms with van der Waals surface area (Å²) in [7, 11) is 1.59. The van der Waals surface area contributed by atoms with E-state index in [2.05, 4.69) is 15.1 Å². The molecule has 0 aliphatic rings. The number of aromatic carboxylic acids is 1. The van der Waals surface area contributed by atoms with Gasteiger partial charge in [-0.1, -0.05) is 0 Å². The van der Waals surface area contributed by atoms with E-state index in [1.54, 1.807) is 7.05 Å². The van der Waals surface area contributed by atoms with Crippen LogP contribution in [0.1, 0.15) is 27.6 Å². The van der Waals surface area contributed by atoms with Crippen molar-refractivity contribution >= 4 is 5.97 Å². The quantitative estimate of drug-likeness (QED) is 0.789. The minimum Gasteiger partial charge on any atom is -0.478 e. The maximum absolute atomic E-state index is 13.4. The van der Waals surface area contributed by atoms with Gasteiger partial charge in [0.15, 0.2) is 5.82 Å². The molecule has 2 aromatic heterocycles. The molecule has 0 aliphatic carbocycles.